The number of unbranched alkanes of at least 4 members (excludes halogenated alkanes) is 15. The van der Waals surface area contributed by atoms with Gasteiger partial charge in [-0.2, -0.15) is 0 Å². The molecule has 0 saturated carbocycles. The first kappa shape index (κ1) is 24.0. The van der Waals surface area contributed by atoms with Gasteiger partial charge in [-0.3, -0.25) is 0 Å². The molecule has 1 rings (SSSR count). The lowest BCUT2D eigenvalue weighted by molar-refractivity contribution is 0.475. The van der Waals surface area contributed by atoms with Gasteiger partial charge in [0.2, 0.25) is 0 Å². The molecule has 1 N–H and O–H groups in total. The van der Waals surface area contributed by atoms with Gasteiger partial charge in [0.05, 0.1) is 0 Å². The highest BCUT2D eigenvalue weighted by atomic mass is 16.3. The molecule has 0 atom stereocenters. The standard InChI is InChI=1S/C18H38.C6H6O/c1-3-5-7-9-11-13-15-17-18-16-14-12-10-8-6-4-2;7-6-4-2-1-3-5-6/h3-18H2,1-2H3;1-5,7H. The number of hydrogen-bond donors (Lipinski definition) is 1. The summed E-state index contributed by atoms with van der Waals surface area (Å²) < 4.78 is 0. The molecule has 1 nitrogen and oxygen atoms in total. The Bertz CT molecular complexity index is 317. The van der Waals surface area contributed by atoms with Crippen LogP contribution in [0, 0.1) is 0 Å². The van der Waals surface area contributed by atoms with Crippen molar-refractivity contribution < 1.29 is 5.11 Å². The van der Waals surface area contributed by atoms with Crippen LogP contribution in [0.25, 0.3) is 0 Å². The van der Waals surface area contributed by atoms with E-state index in [0.717, 1.165) is 0 Å². The fraction of sp³-hybridized carbons (Fsp3) is 0.750. The van der Waals surface area contributed by atoms with Gasteiger partial charge >= 0.3 is 0 Å². The van der Waals surface area contributed by atoms with Crippen LogP contribution < -0.4 is 0 Å². The average molecular weight is 349 g/mol. The summed E-state index contributed by atoms with van der Waals surface area (Å²) in [4.78, 5) is 0. The monoisotopic (exact) mass is 348 g/mol. The van der Waals surface area contributed by atoms with Gasteiger partial charge in [-0.25, -0.2) is 0 Å². The van der Waals surface area contributed by atoms with Crippen LogP contribution >= 0.6 is 0 Å². The Labute approximate surface area is 158 Å². The summed E-state index contributed by atoms with van der Waals surface area (Å²) in [5.74, 6) is 0.322. The first-order valence-electron chi connectivity index (χ1n) is 11.0. The smallest absolute Gasteiger partial charge is 0.115 e. The zero-order chi connectivity index (χ0) is 18.4. The van der Waals surface area contributed by atoms with Gasteiger partial charge < -0.3 is 5.11 Å². The summed E-state index contributed by atoms with van der Waals surface area (Å²) in [5, 5.41) is 8.63. The third-order valence-corrected chi connectivity index (χ3v) is 4.71. The normalized spacial score (nSPS) is 10.3. The number of rotatable bonds is 15. The van der Waals surface area contributed by atoms with E-state index in [-0.39, 0.29) is 0 Å². The average Bonchev–Trinajstić information content (AvgIpc) is 2.63. The molecule has 146 valence electrons. The molecule has 0 bridgehead atoms. The van der Waals surface area contributed by atoms with Crippen molar-refractivity contribution in [2.45, 2.75) is 117 Å². The predicted molar refractivity (Wildman–Crippen MR) is 113 cm³/mol. The van der Waals surface area contributed by atoms with E-state index in [0.29, 0.717) is 5.75 Å². The van der Waals surface area contributed by atoms with Crippen molar-refractivity contribution in [3.8, 4) is 5.75 Å². The molecular weight excluding hydrogens is 304 g/mol. The van der Waals surface area contributed by atoms with E-state index in [1.54, 1.807) is 24.3 Å². The van der Waals surface area contributed by atoms with Gasteiger partial charge in [-0.1, -0.05) is 135 Å². The molecule has 0 fully saturated rings. The van der Waals surface area contributed by atoms with E-state index >= 15 is 0 Å². The number of benzene rings is 1. The summed E-state index contributed by atoms with van der Waals surface area (Å²) in [6.07, 6.45) is 23.4. The molecule has 25 heavy (non-hydrogen) atoms. The number of aromatic hydroxyl groups is 1. The SMILES string of the molecule is CCCCCCCCCCCCCCCCCC.Oc1ccccc1. The van der Waals surface area contributed by atoms with Crippen molar-refractivity contribution in [3.63, 3.8) is 0 Å². The van der Waals surface area contributed by atoms with Crippen molar-refractivity contribution in [1.29, 1.82) is 0 Å². The van der Waals surface area contributed by atoms with Crippen molar-refractivity contribution in [3.05, 3.63) is 30.3 Å². The summed E-state index contributed by atoms with van der Waals surface area (Å²) in [5.41, 5.74) is 0. The van der Waals surface area contributed by atoms with Gasteiger partial charge in [-0.05, 0) is 12.1 Å². The van der Waals surface area contributed by atoms with Crippen molar-refractivity contribution in [2.24, 2.45) is 0 Å². The molecule has 1 aromatic carbocycles. The molecule has 0 amide bonds. The molecule has 1 aromatic rings. The first-order valence-corrected chi connectivity index (χ1v) is 11.0. The molecule has 0 aliphatic carbocycles. The van der Waals surface area contributed by atoms with E-state index in [4.69, 9.17) is 5.11 Å². The minimum Gasteiger partial charge on any atom is -0.508 e. The van der Waals surface area contributed by atoms with E-state index < -0.39 is 0 Å². The minimum absolute atomic E-state index is 0.322. The second kappa shape index (κ2) is 21.1. The topological polar surface area (TPSA) is 20.2 Å². The van der Waals surface area contributed by atoms with Crippen LogP contribution in [-0.4, -0.2) is 5.11 Å². The van der Waals surface area contributed by atoms with Gasteiger partial charge in [0, 0.05) is 0 Å². The molecule has 0 spiro atoms. The Morgan fingerprint density at radius 1 is 0.480 bits per heavy atom. The Morgan fingerprint density at radius 3 is 0.960 bits per heavy atom. The Balaban J connectivity index is 0.000000676. The van der Waals surface area contributed by atoms with Gasteiger partial charge in [0.15, 0.2) is 0 Å². The van der Waals surface area contributed by atoms with Crippen LogP contribution in [0.5, 0.6) is 5.75 Å². The summed E-state index contributed by atoms with van der Waals surface area (Å²) >= 11 is 0. The zero-order valence-corrected chi connectivity index (χ0v) is 17.1. The van der Waals surface area contributed by atoms with Crippen LogP contribution in [0.15, 0.2) is 30.3 Å². The number of para-hydroxylation sites is 1. The minimum atomic E-state index is 0.322. The highest BCUT2D eigenvalue weighted by Gasteiger charge is 1.93. The van der Waals surface area contributed by atoms with Crippen LogP contribution in [0.2, 0.25) is 0 Å². The van der Waals surface area contributed by atoms with Crippen molar-refractivity contribution in [2.75, 3.05) is 0 Å². The maximum absolute atomic E-state index is 8.63. The molecule has 0 unspecified atom stereocenters. The molecule has 0 aliphatic heterocycles. The summed E-state index contributed by atoms with van der Waals surface area (Å²) in [7, 11) is 0. The second-order valence-corrected chi connectivity index (χ2v) is 7.29. The van der Waals surface area contributed by atoms with Crippen molar-refractivity contribution in [1.82, 2.24) is 0 Å². The van der Waals surface area contributed by atoms with Crippen molar-refractivity contribution >= 4 is 0 Å². The van der Waals surface area contributed by atoms with E-state index in [9.17, 15) is 0 Å². The van der Waals surface area contributed by atoms with E-state index in [1.165, 1.54) is 103 Å². The number of phenols is 1. The summed E-state index contributed by atoms with van der Waals surface area (Å²) in [6, 6.07) is 8.71. The maximum Gasteiger partial charge on any atom is 0.115 e. The third kappa shape index (κ3) is 21.0. The molecule has 0 aliphatic rings. The van der Waals surface area contributed by atoms with Crippen LogP contribution in [0.4, 0.5) is 0 Å². The molecule has 0 aromatic heterocycles. The lowest BCUT2D eigenvalue weighted by atomic mass is 10.0. The van der Waals surface area contributed by atoms with Crippen LogP contribution in [0.3, 0.4) is 0 Å². The lowest BCUT2D eigenvalue weighted by Crippen LogP contribution is -1.83. The molecular formula is C24H44O. The predicted octanol–water partition coefficient (Wildman–Crippen LogP) is 8.66. The number of hydrogen-bond acceptors (Lipinski definition) is 1. The van der Waals surface area contributed by atoms with Gasteiger partial charge in [0.25, 0.3) is 0 Å². The molecule has 0 radical (unpaired) electrons. The first-order chi connectivity index (χ1) is 12.3. The quantitative estimate of drug-likeness (QED) is 0.314. The molecule has 0 heterocycles. The fourth-order valence-electron chi connectivity index (χ4n) is 3.05. The second-order valence-electron chi connectivity index (χ2n) is 7.29. The zero-order valence-electron chi connectivity index (χ0n) is 17.1. The van der Waals surface area contributed by atoms with Gasteiger partial charge in [0.1, 0.15) is 5.75 Å². The number of phenolic OH excluding ortho intramolecular Hbond substituents is 1. The lowest BCUT2D eigenvalue weighted by Gasteiger charge is -2.03. The Kier molecular flexibility index (Phi) is 20.2. The maximum atomic E-state index is 8.63. The van der Waals surface area contributed by atoms with E-state index in [2.05, 4.69) is 13.8 Å². The highest BCUT2D eigenvalue weighted by Crippen LogP contribution is 2.13. The molecule has 1 heteroatoms. The summed E-state index contributed by atoms with van der Waals surface area (Å²) in [6.45, 7) is 4.59. The van der Waals surface area contributed by atoms with Gasteiger partial charge in [-0.15, -0.1) is 0 Å². The Morgan fingerprint density at radius 2 is 0.760 bits per heavy atom. The third-order valence-electron chi connectivity index (χ3n) is 4.71. The Hall–Kier alpha value is -0.980. The fourth-order valence-corrected chi connectivity index (χ4v) is 3.05. The van der Waals surface area contributed by atoms with Crippen LogP contribution in [0.1, 0.15) is 117 Å². The largest absolute Gasteiger partial charge is 0.508 e. The van der Waals surface area contributed by atoms with Crippen LogP contribution in [-0.2, 0) is 0 Å². The van der Waals surface area contributed by atoms with E-state index in [1.807, 2.05) is 6.07 Å². The molecule has 0 saturated heterocycles. The highest BCUT2D eigenvalue weighted by molar-refractivity contribution is 5.18.